The zero-order valence-electron chi connectivity index (χ0n) is 12.5. The summed E-state index contributed by atoms with van der Waals surface area (Å²) in [6.07, 6.45) is 0. The van der Waals surface area contributed by atoms with Gasteiger partial charge in [0.1, 0.15) is 0 Å². The first-order chi connectivity index (χ1) is 11.2. The molecule has 4 N–H and O–H groups in total. The van der Waals surface area contributed by atoms with Crippen LogP contribution in [0.25, 0.3) is 0 Å². The van der Waals surface area contributed by atoms with E-state index >= 15 is 0 Å². The average molecular weight is 412 g/mol. The number of primary sulfonamides is 1. The van der Waals surface area contributed by atoms with Crippen LogP contribution in [-0.2, 0) is 10.0 Å². The van der Waals surface area contributed by atoms with Gasteiger partial charge in [-0.3, -0.25) is 20.4 Å². The molecule has 0 bridgehead atoms. The molecule has 126 valence electrons. The van der Waals surface area contributed by atoms with Gasteiger partial charge in [-0.1, -0.05) is 17.7 Å². The summed E-state index contributed by atoms with van der Waals surface area (Å²) >= 11 is 3.15. The van der Waals surface area contributed by atoms with Gasteiger partial charge in [-0.05, 0) is 53.2 Å². The van der Waals surface area contributed by atoms with Gasteiger partial charge in [-0.2, -0.15) is 0 Å². The largest absolute Gasteiger partial charge is 0.270 e. The third-order valence-corrected chi connectivity index (χ3v) is 4.72. The summed E-state index contributed by atoms with van der Waals surface area (Å²) in [5.41, 5.74) is 5.88. The van der Waals surface area contributed by atoms with Crippen LogP contribution in [0, 0.1) is 6.92 Å². The van der Waals surface area contributed by atoms with Gasteiger partial charge in [0.15, 0.2) is 0 Å². The Kier molecular flexibility index (Phi) is 5.37. The number of sulfonamides is 1. The van der Waals surface area contributed by atoms with Crippen LogP contribution in [0.2, 0.25) is 0 Å². The molecule has 0 fully saturated rings. The van der Waals surface area contributed by atoms with Crippen molar-refractivity contribution in [1.29, 1.82) is 0 Å². The molecule has 0 aliphatic heterocycles. The highest BCUT2D eigenvalue weighted by molar-refractivity contribution is 9.10. The molecule has 0 heterocycles. The van der Waals surface area contributed by atoms with Crippen LogP contribution in [0.5, 0.6) is 0 Å². The summed E-state index contributed by atoms with van der Waals surface area (Å²) in [5.74, 6) is -1.19. The van der Waals surface area contributed by atoms with Crippen LogP contribution in [-0.4, -0.2) is 20.2 Å². The van der Waals surface area contributed by atoms with Gasteiger partial charge in [-0.15, -0.1) is 0 Å². The number of nitrogens with two attached hydrogens (primary N) is 1. The van der Waals surface area contributed by atoms with Crippen molar-refractivity contribution < 1.29 is 18.0 Å². The van der Waals surface area contributed by atoms with E-state index < -0.39 is 21.8 Å². The Bertz CT molecular complexity index is 895. The minimum atomic E-state index is -3.94. The van der Waals surface area contributed by atoms with Crippen molar-refractivity contribution in [3.63, 3.8) is 0 Å². The molecule has 2 amide bonds. The third-order valence-electron chi connectivity index (χ3n) is 3.11. The fourth-order valence-corrected chi connectivity index (χ4v) is 2.78. The first-order valence-corrected chi connectivity index (χ1v) is 9.02. The summed E-state index contributed by atoms with van der Waals surface area (Å²) in [6, 6.07) is 10.5. The van der Waals surface area contributed by atoms with E-state index in [1.165, 1.54) is 12.1 Å². The second-order valence-electron chi connectivity index (χ2n) is 4.96. The average Bonchev–Trinajstić information content (AvgIpc) is 2.52. The minimum Gasteiger partial charge on any atom is -0.267 e. The molecule has 7 nitrogen and oxygen atoms in total. The molecule has 24 heavy (non-hydrogen) atoms. The van der Waals surface area contributed by atoms with Crippen LogP contribution in [0.3, 0.4) is 0 Å². The predicted octanol–water partition coefficient (Wildman–Crippen LogP) is 1.48. The predicted molar refractivity (Wildman–Crippen MR) is 91.6 cm³/mol. The highest BCUT2D eigenvalue weighted by Gasteiger charge is 2.16. The number of amides is 2. The normalized spacial score (nSPS) is 11.0. The molecule has 0 saturated heterocycles. The monoisotopic (exact) mass is 411 g/mol. The zero-order valence-corrected chi connectivity index (χ0v) is 14.9. The highest BCUT2D eigenvalue weighted by atomic mass is 79.9. The number of aryl methyl sites for hydroxylation is 1. The number of carbonyl (C=O) groups excluding carboxylic acids is 2. The molecule has 0 saturated carbocycles. The number of rotatable bonds is 3. The van der Waals surface area contributed by atoms with Crippen molar-refractivity contribution >= 4 is 37.8 Å². The van der Waals surface area contributed by atoms with Crippen molar-refractivity contribution in [2.45, 2.75) is 11.8 Å². The van der Waals surface area contributed by atoms with E-state index in [1.54, 1.807) is 24.3 Å². The Hall–Kier alpha value is -2.23. The van der Waals surface area contributed by atoms with Gasteiger partial charge in [0.2, 0.25) is 10.0 Å². The molecule has 0 radical (unpaired) electrons. The van der Waals surface area contributed by atoms with Gasteiger partial charge in [0, 0.05) is 10.0 Å². The lowest BCUT2D eigenvalue weighted by molar-refractivity contribution is 0.0846. The Balaban J connectivity index is 2.12. The quantitative estimate of drug-likeness (QED) is 0.662. The van der Waals surface area contributed by atoms with Crippen molar-refractivity contribution in [2.24, 2.45) is 5.14 Å². The standard InChI is InChI=1S/C15H14BrN3O4S/c1-9-2-4-10(5-3-9)14(20)18-19-15(21)12-8-11(24(17,22)23)6-7-13(12)16/h2-8H,1H3,(H,18,20)(H,19,21)(H2,17,22,23). The van der Waals surface area contributed by atoms with Crippen molar-refractivity contribution in [3.05, 3.63) is 63.6 Å². The molecule has 0 unspecified atom stereocenters. The molecular formula is C15H14BrN3O4S. The van der Waals surface area contributed by atoms with Crippen LogP contribution in [0.15, 0.2) is 51.8 Å². The number of carbonyl (C=O) groups is 2. The van der Waals surface area contributed by atoms with Crippen molar-refractivity contribution in [3.8, 4) is 0 Å². The minimum absolute atomic E-state index is 0.0192. The summed E-state index contributed by atoms with van der Waals surface area (Å²) in [7, 11) is -3.94. The maximum Gasteiger partial charge on any atom is 0.270 e. The maximum absolute atomic E-state index is 12.1. The van der Waals surface area contributed by atoms with Crippen molar-refractivity contribution in [2.75, 3.05) is 0 Å². The SMILES string of the molecule is Cc1ccc(C(=O)NNC(=O)c2cc(S(N)(=O)=O)ccc2Br)cc1. The van der Waals surface area contributed by atoms with Crippen molar-refractivity contribution in [1.82, 2.24) is 10.9 Å². The second kappa shape index (κ2) is 7.12. The van der Waals surface area contributed by atoms with Gasteiger partial charge in [0.05, 0.1) is 10.5 Å². The van der Waals surface area contributed by atoms with E-state index in [4.69, 9.17) is 5.14 Å². The fraction of sp³-hybridized carbons (Fsp3) is 0.0667. The summed E-state index contributed by atoms with van der Waals surface area (Å²) in [5, 5.41) is 5.04. The van der Waals surface area contributed by atoms with E-state index in [-0.39, 0.29) is 10.5 Å². The van der Waals surface area contributed by atoms with Crippen LogP contribution in [0.4, 0.5) is 0 Å². The first-order valence-electron chi connectivity index (χ1n) is 6.68. The van der Waals surface area contributed by atoms with Gasteiger partial charge < -0.3 is 0 Å². The molecule has 2 aromatic rings. The Morgan fingerprint density at radius 2 is 1.58 bits per heavy atom. The molecule has 0 aromatic heterocycles. The number of hydrogen-bond donors (Lipinski definition) is 3. The number of nitrogens with one attached hydrogen (secondary N) is 2. The molecule has 2 aromatic carbocycles. The molecule has 9 heteroatoms. The number of halogens is 1. The van der Waals surface area contributed by atoms with Gasteiger partial charge in [0.25, 0.3) is 11.8 Å². The second-order valence-corrected chi connectivity index (χ2v) is 7.38. The summed E-state index contributed by atoms with van der Waals surface area (Å²) < 4.78 is 23.1. The molecule has 2 rings (SSSR count). The number of hydrazine groups is 1. The lowest BCUT2D eigenvalue weighted by Gasteiger charge is -2.10. The van der Waals surface area contributed by atoms with Gasteiger partial charge >= 0.3 is 0 Å². The topological polar surface area (TPSA) is 118 Å². The third kappa shape index (κ3) is 4.40. The Morgan fingerprint density at radius 3 is 2.17 bits per heavy atom. The van der Waals surface area contributed by atoms with E-state index in [0.29, 0.717) is 10.0 Å². The summed E-state index contributed by atoms with van der Waals surface area (Å²) in [6.45, 7) is 1.89. The van der Waals surface area contributed by atoms with E-state index in [1.807, 2.05) is 6.92 Å². The van der Waals surface area contributed by atoms with E-state index in [9.17, 15) is 18.0 Å². The molecular weight excluding hydrogens is 398 g/mol. The first kappa shape index (κ1) is 18.1. The highest BCUT2D eigenvalue weighted by Crippen LogP contribution is 2.20. The Labute approximate surface area is 147 Å². The summed E-state index contributed by atoms with van der Waals surface area (Å²) in [4.78, 5) is 23.9. The van der Waals surface area contributed by atoms with Crippen LogP contribution >= 0.6 is 15.9 Å². The van der Waals surface area contributed by atoms with Crippen LogP contribution in [0.1, 0.15) is 26.3 Å². The molecule has 0 aliphatic carbocycles. The molecule has 0 aliphatic rings. The lowest BCUT2D eigenvalue weighted by atomic mass is 10.1. The van der Waals surface area contributed by atoms with Gasteiger partial charge in [-0.25, -0.2) is 13.6 Å². The van der Waals surface area contributed by atoms with E-state index in [2.05, 4.69) is 26.8 Å². The maximum atomic E-state index is 12.1. The Morgan fingerprint density at radius 1 is 1.00 bits per heavy atom. The lowest BCUT2D eigenvalue weighted by Crippen LogP contribution is -2.41. The number of benzene rings is 2. The number of hydrogen-bond acceptors (Lipinski definition) is 4. The van der Waals surface area contributed by atoms with E-state index in [0.717, 1.165) is 11.6 Å². The molecule has 0 atom stereocenters. The molecule has 0 spiro atoms. The van der Waals surface area contributed by atoms with Crippen LogP contribution < -0.4 is 16.0 Å². The fourth-order valence-electron chi connectivity index (χ4n) is 1.81. The zero-order chi connectivity index (χ0) is 17.9. The smallest absolute Gasteiger partial charge is 0.267 e.